The summed E-state index contributed by atoms with van der Waals surface area (Å²) in [5, 5.41) is 11.9. The topological polar surface area (TPSA) is 94.1 Å². The second-order valence-corrected chi connectivity index (χ2v) is 7.19. The van der Waals surface area contributed by atoms with Crippen LogP contribution in [0.5, 0.6) is 11.5 Å². The van der Waals surface area contributed by atoms with Gasteiger partial charge in [0, 0.05) is 0 Å². The number of carbonyl (C=O) groups is 2. The number of benzene rings is 1. The van der Waals surface area contributed by atoms with Crippen LogP contribution < -0.4 is 14.8 Å². The number of carboxylic acids is 1. The van der Waals surface area contributed by atoms with Gasteiger partial charge in [0.05, 0.1) is 19.3 Å². The van der Waals surface area contributed by atoms with E-state index in [4.69, 9.17) is 19.3 Å². The number of nitrogens with one attached hydrogen (secondary N) is 1. The van der Waals surface area contributed by atoms with E-state index < -0.39 is 18.2 Å². The van der Waals surface area contributed by atoms with Crippen molar-refractivity contribution in [2.75, 3.05) is 7.11 Å². The lowest BCUT2D eigenvalue weighted by molar-refractivity contribution is -0.151. The third-order valence-corrected chi connectivity index (χ3v) is 5.23. The second-order valence-electron chi connectivity index (χ2n) is 7.19. The molecule has 3 rings (SSSR count). The number of aliphatic carboxylic acids is 1. The normalized spacial score (nSPS) is 23.8. The van der Waals surface area contributed by atoms with Crippen molar-refractivity contribution in [2.24, 2.45) is 0 Å². The van der Waals surface area contributed by atoms with Crippen LogP contribution in [-0.4, -0.2) is 42.4 Å². The molecule has 1 heterocycles. The predicted octanol–water partition coefficient (Wildman–Crippen LogP) is 2.83. The quantitative estimate of drug-likeness (QED) is 0.759. The highest BCUT2D eigenvalue weighted by molar-refractivity contribution is 5.83. The van der Waals surface area contributed by atoms with Gasteiger partial charge in [0.2, 0.25) is 5.91 Å². The Hall–Kier alpha value is -2.28. The van der Waals surface area contributed by atoms with Gasteiger partial charge < -0.3 is 24.6 Å². The van der Waals surface area contributed by atoms with Crippen molar-refractivity contribution in [1.82, 2.24) is 5.32 Å². The van der Waals surface area contributed by atoms with Gasteiger partial charge >= 0.3 is 5.97 Å². The lowest BCUT2D eigenvalue weighted by Crippen LogP contribution is -2.37. The van der Waals surface area contributed by atoms with Gasteiger partial charge in [-0.2, -0.15) is 0 Å². The minimum atomic E-state index is -1.03. The van der Waals surface area contributed by atoms with Crippen LogP contribution in [0.15, 0.2) is 18.2 Å². The van der Waals surface area contributed by atoms with Crippen LogP contribution in [0.3, 0.4) is 0 Å². The lowest BCUT2D eigenvalue weighted by Gasteiger charge is -2.20. The Morgan fingerprint density at radius 3 is 2.48 bits per heavy atom. The number of carbonyl (C=O) groups excluding carboxylic acids is 1. The molecule has 7 nitrogen and oxygen atoms in total. The van der Waals surface area contributed by atoms with Crippen LogP contribution in [0.2, 0.25) is 0 Å². The Morgan fingerprint density at radius 1 is 1.15 bits per heavy atom. The molecule has 1 aromatic carbocycles. The fraction of sp³-hybridized carbons (Fsp3) is 0.600. The zero-order chi connectivity index (χ0) is 19.4. The lowest BCUT2D eigenvalue weighted by atomic mass is 10.1. The first-order chi connectivity index (χ1) is 13.0. The first-order valence-electron chi connectivity index (χ1n) is 9.51. The van der Waals surface area contributed by atoms with Gasteiger partial charge in [-0.15, -0.1) is 0 Å². The van der Waals surface area contributed by atoms with Crippen molar-refractivity contribution in [1.29, 1.82) is 0 Å². The van der Waals surface area contributed by atoms with Crippen LogP contribution in [0.4, 0.5) is 0 Å². The molecule has 27 heavy (non-hydrogen) atoms. The molecule has 0 radical (unpaired) electrons. The molecule has 2 N–H and O–H groups in total. The summed E-state index contributed by atoms with van der Waals surface area (Å²) in [7, 11) is 1.60. The minimum Gasteiger partial charge on any atom is -0.493 e. The Bertz CT molecular complexity index is 685. The smallest absolute Gasteiger partial charge is 0.332 e. The summed E-state index contributed by atoms with van der Waals surface area (Å²) in [6.07, 6.45) is 3.90. The van der Waals surface area contributed by atoms with Gasteiger partial charge in [-0.25, -0.2) is 4.79 Å². The maximum absolute atomic E-state index is 12.4. The summed E-state index contributed by atoms with van der Waals surface area (Å²) in [5.74, 6) is 0.0381. The SMILES string of the molecule is COc1cc(C(C)NC(=O)[C@@H]2CC[C@H](C(=O)O)O2)ccc1OC1CCCC1. The third kappa shape index (κ3) is 4.71. The van der Waals surface area contributed by atoms with Crippen molar-refractivity contribution in [3.05, 3.63) is 23.8 Å². The summed E-state index contributed by atoms with van der Waals surface area (Å²) < 4.78 is 16.8. The molecule has 1 aliphatic carbocycles. The van der Waals surface area contributed by atoms with E-state index in [9.17, 15) is 9.59 Å². The fourth-order valence-electron chi connectivity index (χ4n) is 3.64. The number of hydrogen-bond donors (Lipinski definition) is 2. The predicted molar refractivity (Wildman–Crippen MR) is 98.0 cm³/mol. The summed E-state index contributed by atoms with van der Waals surface area (Å²) in [5.41, 5.74) is 0.881. The molecule has 7 heteroatoms. The molecule has 2 fully saturated rings. The maximum Gasteiger partial charge on any atom is 0.332 e. The summed E-state index contributed by atoms with van der Waals surface area (Å²) in [6, 6.07) is 5.39. The highest BCUT2D eigenvalue weighted by Crippen LogP contribution is 2.34. The van der Waals surface area contributed by atoms with Gasteiger partial charge in [-0.1, -0.05) is 6.07 Å². The van der Waals surface area contributed by atoms with Gasteiger partial charge in [0.1, 0.15) is 6.10 Å². The van der Waals surface area contributed by atoms with Gasteiger partial charge in [-0.05, 0) is 63.1 Å². The number of rotatable bonds is 7. The van der Waals surface area contributed by atoms with Crippen LogP contribution in [-0.2, 0) is 14.3 Å². The van der Waals surface area contributed by atoms with Crippen molar-refractivity contribution in [2.45, 2.75) is 69.8 Å². The molecular weight excluding hydrogens is 350 g/mol. The fourth-order valence-corrected chi connectivity index (χ4v) is 3.64. The van der Waals surface area contributed by atoms with E-state index in [-0.39, 0.29) is 18.1 Å². The molecule has 3 atom stereocenters. The molecule has 1 aromatic rings. The number of carboxylic acid groups (broad SMARTS) is 1. The van der Waals surface area contributed by atoms with Gasteiger partial charge in [-0.3, -0.25) is 4.79 Å². The zero-order valence-electron chi connectivity index (χ0n) is 15.8. The van der Waals surface area contributed by atoms with E-state index in [0.717, 1.165) is 24.2 Å². The molecule has 1 saturated heterocycles. The second kappa shape index (κ2) is 8.61. The van der Waals surface area contributed by atoms with Crippen LogP contribution >= 0.6 is 0 Å². The van der Waals surface area contributed by atoms with Crippen LogP contribution in [0, 0.1) is 0 Å². The van der Waals surface area contributed by atoms with Gasteiger partial charge in [0.15, 0.2) is 17.6 Å². The Balaban J connectivity index is 1.61. The van der Waals surface area contributed by atoms with Crippen molar-refractivity contribution in [3.63, 3.8) is 0 Å². The number of amides is 1. The molecule has 0 spiro atoms. The number of hydrogen-bond acceptors (Lipinski definition) is 5. The molecule has 2 aliphatic rings. The first kappa shape index (κ1) is 19.5. The standard InChI is InChI=1S/C20H27NO6/c1-12(21-19(22)16-9-10-17(27-16)20(23)24)13-7-8-15(18(11-13)25-2)26-14-5-3-4-6-14/h7-8,11-12,14,16-17H,3-6,9-10H2,1-2H3,(H,21,22)(H,23,24)/t12?,16-,17+/m0/s1. The molecule has 1 unspecified atom stereocenters. The summed E-state index contributed by atoms with van der Waals surface area (Å²) >= 11 is 0. The molecule has 1 amide bonds. The minimum absolute atomic E-state index is 0.239. The van der Waals surface area contributed by atoms with E-state index in [0.29, 0.717) is 18.6 Å². The average molecular weight is 377 g/mol. The molecule has 148 valence electrons. The Morgan fingerprint density at radius 2 is 1.85 bits per heavy atom. The van der Waals surface area contributed by atoms with E-state index >= 15 is 0 Å². The third-order valence-electron chi connectivity index (χ3n) is 5.23. The van der Waals surface area contributed by atoms with Gasteiger partial charge in [0.25, 0.3) is 0 Å². The largest absolute Gasteiger partial charge is 0.493 e. The molecule has 0 aromatic heterocycles. The van der Waals surface area contributed by atoms with Crippen molar-refractivity contribution >= 4 is 11.9 Å². The molecule has 1 saturated carbocycles. The molecular formula is C20H27NO6. The summed E-state index contributed by atoms with van der Waals surface area (Å²) in [6.45, 7) is 1.87. The van der Waals surface area contributed by atoms with Crippen molar-refractivity contribution in [3.8, 4) is 11.5 Å². The van der Waals surface area contributed by atoms with Crippen LogP contribution in [0.25, 0.3) is 0 Å². The number of ether oxygens (including phenoxy) is 3. The number of methoxy groups -OCH3 is 1. The first-order valence-corrected chi connectivity index (χ1v) is 9.51. The highest BCUT2D eigenvalue weighted by Gasteiger charge is 2.35. The van der Waals surface area contributed by atoms with E-state index in [1.807, 2.05) is 25.1 Å². The molecule has 0 bridgehead atoms. The van der Waals surface area contributed by atoms with E-state index in [1.165, 1.54) is 12.8 Å². The van der Waals surface area contributed by atoms with Crippen LogP contribution in [0.1, 0.15) is 57.1 Å². The Kier molecular flexibility index (Phi) is 6.21. The highest BCUT2D eigenvalue weighted by atomic mass is 16.5. The van der Waals surface area contributed by atoms with E-state index in [2.05, 4.69) is 5.32 Å². The molecule has 1 aliphatic heterocycles. The van der Waals surface area contributed by atoms with Crippen molar-refractivity contribution < 1.29 is 28.9 Å². The zero-order valence-corrected chi connectivity index (χ0v) is 15.8. The maximum atomic E-state index is 12.4. The summed E-state index contributed by atoms with van der Waals surface area (Å²) in [4.78, 5) is 23.3. The Labute approximate surface area is 159 Å². The average Bonchev–Trinajstić information content (AvgIpc) is 3.33. The van der Waals surface area contributed by atoms with E-state index in [1.54, 1.807) is 7.11 Å². The monoisotopic (exact) mass is 377 g/mol.